The van der Waals surface area contributed by atoms with Crippen molar-refractivity contribution in [2.24, 2.45) is 0 Å². The fourth-order valence-electron chi connectivity index (χ4n) is 6.23. The summed E-state index contributed by atoms with van der Waals surface area (Å²) in [6, 6.07) is 15.8. The Morgan fingerprint density at radius 1 is 1.04 bits per heavy atom. The van der Waals surface area contributed by atoms with Gasteiger partial charge in [-0.1, -0.05) is 67.0 Å². The van der Waals surface area contributed by atoms with Gasteiger partial charge in [0.2, 0.25) is 5.78 Å². The molecule has 1 aliphatic carbocycles. The molecule has 5 aromatic rings. The first kappa shape index (κ1) is 33.6. The van der Waals surface area contributed by atoms with E-state index in [4.69, 9.17) is 9.26 Å². The number of H-pyrrole nitrogens is 1. The third-order valence-electron chi connectivity index (χ3n) is 8.68. The van der Waals surface area contributed by atoms with Crippen LogP contribution in [0, 0.1) is 0 Å². The number of ether oxygens (including phenoxy) is 1. The second-order valence-corrected chi connectivity index (χ2v) is 11.7. The third-order valence-corrected chi connectivity index (χ3v) is 8.68. The van der Waals surface area contributed by atoms with Gasteiger partial charge >= 0.3 is 57.1 Å². The van der Waals surface area contributed by atoms with Crippen LogP contribution in [0.5, 0.6) is 0 Å². The van der Waals surface area contributed by atoms with E-state index in [1.807, 2.05) is 64.5 Å². The van der Waals surface area contributed by atoms with E-state index in [0.717, 1.165) is 65.6 Å². The van der Waals surface area contributed by atoms with E-state index >= 15 is 0 Å². The molecule has 0 amide bonds. The molecule has 11 nitrogen and oxygen atoms in total. The zero-order chi connectivity index (χ0) is 30.8. The molecule has 2 aromatic carbocycles. The zero-order valence-corrected chi connectivity index (χ0v) is 25.3. The number of aliphatic hydroxyl groups excluding tert-OH is 1. The van der Waals surface area contributed by atoms with Crippen LogP contribution in [0.15, 0.2) is 69.0 Å². The molecule has 6 rings (SSSR count). The van der Waals surface area contributed by atoms with Crippen molar-refractivity contribution < 1.29 is 14.4 Å². The number of hydrogen-bond acceptors (Lipinski definition) is 8. The zero-order valence-electron chi connectivity index (χ0n) is 25.3. The van der Waals surface area contributed by atoms with Crippen LogP contribution in [0.1, 0.15) is 75.7 Å². The molecule has 2 unspecified atom stereocenters. The first-order valence-electron chi connectivity index (χ1n) is 15.4. The summed E-state index contributed by atoms with van der Waals surface area (Å²) < 4.78 is 14.5. The number of aliphatic hydroxyl groups is 1. The summed E-state index contributed by atoms with van der Waals surface area (Å²) in [7, 11) is 0. The second kappa shape index (κ2) is 14.8. The average Bonchev–Trinajstić information content (AvgIpc) is 3.69. The summed E-state index contributed by atoms with van der Waals surface area (Å²) in [6.45, 7) is 5.73. The Bertz CT molecular complexity index is 1850. The van der Waals surface area contributed by atoms with Crippen LogP contribution in [0.4, 0.5) is 0 Å². The van der Waals surface area contributed by atoms with E-state index in [-0.39, 0.29) is 75.2 Å². The van der Waals surface area contributed by atoms with E-state index in [0.29, 0.717) is 24.4 Å². The molecule has 2 atom stereocenters. The third kappa shape index (κ3) is 7.17. The number of rotatable bonds is 10. The maximum atomic E-state index is 14.3. The Kier molecular flexibility index (Phi) is 11.1. The summed E-state index contributed by atoms with van der Waals surface area (Å²) in [5, 5.41) is 18.3. The van der Waals surface area contributed by atoms with E-state index in [1.165, 1.54) is 6.33 Å². The fourth-order valence-corrected chi connectivity index (χ4v) is 6.23. The first-order chi connectivity index (χ1) is 21.3. The van der Waals surface area contributed by atoms with Crippen LogP contribution >= 0.6 is 0 Å². The molecule has 1 saturated carbocycles. The Morgan fingerprint density at radius 3 is 2.40 bits per heavy atom. The van der Waals surface area contributed by atoms with Gasteiger partial charge in [-0.3, -0.25) is 18.9 Å². The molecule has 2 N–H and O–H groups in total. The monoisotopic (exact) mass is 638 g/mol. The summed E-state index contributed by atoms with van der Waals surface area (Å²) in [6.07, 6.45) is 6.09. The Balaban J connectivity index is 0.00000400. The number of fused-ring (bicyclic) bond motifs is 1. The number of aryl methyl sites for hydroxylation is 1. The summed E-state index contributed by atoms with van der Waals surface area (Å²) in [5.74, 6) is 0.357. The number of hydrogen-bond donors (Lipinski definition) is 2. The van der Waals surface area contributed by atoms with Gasteiger partial charge in [0.15, 0.2) is 5.82 Å². The van der Waals surface area contributed by atoms with Crippen molar-refractivity contribution in [1.29, 1.82) is 0 Å². The van der Waals surface area contributed by atoms with Gasteiger partial charge < -0.3 is 9.84 Å². The van der Waals surface area contributed by atoms with Crippen LogP contribution < -0.4 is 11.3 Å². The second-order valence-electron chi connectivity index (χ2n) is 11.7. The van der Waals surface area contributed by atoms with E-state index < -0.39 is 11.9 Å². The fraction of sp³-hybridized carbons (Fsp3) is 0.424. The van der Waals surface area contributed by atoms with E-state index in [1.54, 1.807) is 6.92 Å². The van der Waals surface area contributed by atoms with Gasteiger partial charge in [-0.15, -0.1) is 0 Å². The first-order valence-corrected chi connectivity index (χ1v) is 15.4. The van der Waals surface area contributed by atoms with Gasteiger partial charge in [0.1, 0.15) is 6.33 Å². The Labute approximate surface area is 303 Å². The minimum atomic E-state index is -0.602. The minimum absolute atomic E-state index is 0. The molecule has 3 aromatic heterocycles. The van der Waals surface area contributed by atoms with Crippen molar-refractivity contribution in [3.05, 3.63) is 92.6 Å². The standard InChI is InChI=1S/C33H38N6O5.K.H/c1-4-7-29-28(18-22-10-12-23(13-11-22)26-8-5-6-9-27(26)30-36-33(42)44-37-30)31(41)38(32-34-19-35-39(29)32)24-14-16-25(17-15-24)43-21(3)20(2)40;;/h5-6,8-13,19-21,24-25,40H,4,7,14-18H2,1-3H3,(H,36,37,42);;/t20?,21?,24-,25-;;. The van der Waals surface area contributed by atoms with Crippen molar-refractivity contribution in [1.82, 2.24) is 29.3 Å². The molecule has 0 radical (unpaired) electrons. The molecule has 1 fully saturated rings. The molecule has 1 aliphatic rings. The molecule has 3 heterocycles. The SMILES string of the molecule is CCCc1c(Cc2ccc(-c3ccccc3-c3noc(=O)[nH]3)cc2)c(=O)n([C@H]2CC[C@H](OC(C)C(C)O)CC2)c2ncnn12.[KH]. The molecular formula is C33H39KN6O5. The van der Waals surface area contributed by atoms with Gasteiger partial charge in [-0.25, -0.2) is 9.31 Å². The van der Waals surface area contributed by atoms with Crippen LogP contribution in [-0.2, 0) is 17.6 Å². The Morgan fingerprint density at radius 2 is 1.76 bits per heavy atom. The van der Waals surface area contributed by atoms with Gasteiger partial charge in [-0.05, 0) is 62.6 Å². The van der Waals surface area contributed by atoms with Crippen molar-refractivity contribution in [2.45, 2.75) is 90.1 Å². The van der Waals surface area contributed by atoms with Gasteiger partial charge in [0, 0.05) is 23.6 Å². The van der Waals surface area contributed by atoms with Crippen molar-refractivity contribution in [3.8, 4) is 22.5 Å². The molecular weight excluding hydrogens is 599 g/mol. The number of benzene rings is 2. The predicted octanol–water partition coefficient (Wildman–Crippen LogP) is 4.07. The molecule has 0 spiro atoms. The topological polar surface area (TPSA) is 141 Å². The molecule has 12 heteroatoms. The van der Waals surface area contributed by atoms with Crippen molar-refractivity contribution in [2.75, 3.05) is 0 Å². The van der Waals surface area contributed by atoms with Crippen LogP contribution in [-0.4, -0.2) is 104 Å². The Hall–Kier alpha value is -2.71. The normalized spacial score (nSPS) is 18.0. The molecule has 0 saturated heterocycles. The van der Waals surface area contributed by atoms with Crippen LogP contribution in [0.25, 0.3) is 28.3 Å². The van der Waals surface area contributed by atoms with Crippen LogP contribution in [0.3, 0.4) is 0 Å². The average molecular weight is 639 g/mol. The molecule has 45 heavy (non-hydrogen) atoms. The predicted molar refractivity (Wildman–Crippen MR) is 173 cm³/mol. The summed E-state index contributed by atoms with van der Waals surface area (Å²) in [5.41, 5.74) is 5.24. The molecule has 0 bridgehead atoms. The molecule has 0 aliphatic heterocycles. The summed E-state index contributed by atoms with van der Waals surface area (Å²) in [4.78, 5) is 33.0. The number of nitrogens with one attached hydrogen (secondary N) is 1. The number of aromatic nitrogens is 6. The van der Waals surface area contributed by atoms with E-state index in [9.17, 15) is 14.7 Å². The van der Waals surface area contributed by atoms with Gasteiger partial charge in [0.05, 0.1) is 24.0 Å². The molecule has 232 valence electrons. The number of aromatic amines is 1. The number of nitrogens with zero attached hydrogens (tertiary/aromatic N) is 5. The van der Waals surface area contributed by atoms with Crippen LogP contribution in [0.2, 0.25) is 0 Å². The van der Waals surface area contributed by atoms with Gasteiger partial charge in [0.25, 0.3) is 5.56 Å². The van der Waals surface area contributed by atoms with Crippen molar-refractivity contribution >= 4 is 57.2 Å². The van der Waals surface area contributed by atoms with E-state index in [2.05, 4.69) is 27.1 Å². The maximum absolute atomic E-state index is 14.3. The van der Waals surface area contributed by atoms with Crippen molar-refractivity contribution in [3.63, 3.8) is 0 Å². The van der Waals surface area contributed by atoms with Gasteiger partial charge in [-0.2, -0.15) is 10.1 Å². The quantitative estimate of drug-likeness (QED) is 0.218. The summed E-state index contributed by atoms with van der Waals surface area (Å²) >= 11 is 0.